The molecule has 0 saturated carbocycles. The summed E-state index contributed by atoms with van der Waals surface area (Å²) in [5, 5.41) is 0. The molecule has 0 unspecified atom stereocenters. The molecule has 0 spiro atoms. The summed E-state index contributed by atoms with van der Waals surface area (Å²) >= 11 is 0. The molecule has 0 saturated heterocycles. The maximum absolute atomic E-state index is 11.0. The van der Waals surface area contributed by atoms with Crippen molar-refractivity contribution in [1.82, 2.24) is 0 Å². The Balaban J connectivity index is 2.84. The van der Waals surface area contributed by atoms with Crippen molar-refractivity contribution >= 4 is 11.7 Å². The fraction of sp³-hybridized carbons (Fsp3) is 0.333. The molecule has 0 aromatic heterocycles. The molecular formula is C12H15NO3. The SMILES string of the molecule is CC(=O)c1ccc(OC(C)(C)C(N)=O)cc1. The highest BCUT2D eigenvalue weighted by Gasteiger charge is 2.26. The maximum atomic E-state index is 11.0. The number of Topliss-reactive ketones (excluding diaryl/α,β-unsaturated/α-hetero) is 1. The summed E-state index contributed by atoms with van der Waals surface area (Å²) in [5.74, 6) is -0.0438. The van der Waals surface area contributed by atoms with E-state index in [1.807, 2.05) is 0 Å². The number of carbonyl (C=O) groups excluding carboxylic acids is 2. The molecule has 0 aliphatic heterocycles. The predicted molar refractivity (Wildman–Crippen MR) is 60.3 cm³/mol. The van der Waals surface area contributed by atoms with Crippen LogP contribution in [0.15, 0.2) is 24.3 Å². The summed E-state index contributed by atoms with van der Waals surface area (Å²) < 4.78 is 5.41. The van der Waals surface area contributed by atoms with E-state index in [4.69, 9.17) is 10.5 Å². The van der Waals surface area contributed by atoms with E-state index in [9.17, 15) is 9.59 Å². The van der Waals surface area contributed by atoms with Crippen molar-refractivity contribution in [3.8, 4) is 5.75 Å². The van der Waals surface area contributed by atoms with Crippen LogP contribution in [-0.4, -0.2) is 17.3 Å². The molecule has 1 aromatic carbocycles. The third-order valence-corrected chi connectivity index (χ3v) is 2.23. The van der Waals surface area contributed by atoms with E-state index in [0.29, 0.717) is 11.3 Å². The van der Waals surface area contributed by atoms with Gasteiger partial charge in [-0.2, -0.15) is 0 Å². The number of ketones is 1. The lowest BCUT2D eigenvalue weighted by molar-refractivity contribution is -0.130. The minimum Gasteiger partial charge on any atom is -0.478 e. The quantitative estimate of drug-likeness (QED) is 0.784. The molecule has 0 aliphatic rings. The van der Waals surface area contributed by atoms with E-state index in [1.165, 1.54) is 6.92 Å². The normalized spacial score (nSPS) is 10.9. The molecule has 2 N–H and O–H groups in total. The van der Waals surface area contributed by atoms with Crippen LogP contribution < -0.4 is 10.5 Å². The lowest BCUT2D eigenvalue weighted by atomic mass is 10.1. The first-order valence-electron chi connectivity index (χ1n) is 4.93. The Morgan fingerprint density at radius 3 is 2.06 bits per heavy atom. The number of primary amides is 1. The molecule has 0 aliphatic carbocycles. The smallest absolute Gasteiger partial charge is 0.261 e. The Bertz CT molecular complexity index is 407. The Labute approximate surface area is 94.4 Å². The van der Waals surface area contributed by atoms with Gasteiger partial charge < -0.3 is 10.5 Å². The summed E-state index contributed by atoms with van der Waals surface area (Å²) in [5.41, 5.74) is 4.72. The van der Waals surface area contributed by atoms with Gasteiger partial charge in [0.1, 0.15) is 5.75 Å². The number of rotatable bonds is 4. The molecule has 1 rings (SSSR count). The number of ether oxygens (including phenoxy) is 1. The molecule has 1 aromatic rings. The fourth-order valence-corrected chi connectivity index (χ4v) is 1.10. The molecule has 4 heteroatoms. The van der Waals surface area contributed by atoms with Gasteiger partial charge in [0.2, 0.25) is 0 Å². The van der Waals surface area contributed by atoms with Crippen LogP contribution in [0.25, 0.3) is 0 Å². The maximum Gasteiger partial charge on any atom is 0.261 e. The topological polar surface area (TPSA) is 69.4 Å². The van der Waals surface area contributed by atoms with Crippen LogP contribution in [0.1, 0.15) is 31.1 Å². The number of hydrogen-bond donors (Lipinski definition) is 1. The van der Waals surface area contributed by atoms with Crippen LogP contribution in [0.2, 0.25) is 0 Å². The van der Waals surface area contributed by atoms with Gasteiger partial charge in [0, 0.05) is 5.56 Å². The van der Waals surface area contributed by atoms with Gasteiger partial charge in [-0.3, -0.25) is 9.59 Å². The largest absolute Gasteiger partial charge is 0.478 e. The van der Waals surface area contributed by atoms with E-state index in [-0.39, 0.29) is 5.78 Å². The van der Waals surface area contributed by atoms with Crippen molar-refractivity contribution in [3.63, 3.8) is 0 Å². The van der Waals surface area contributed by atoms with Crippen molar-refractivity contribution in [1.29, 1.82) is 0 Å². The second-order valence-electron chi connectivity index (χ2n) is 4.06. The highest BCUT2D eigenvalue weighted by molar-refractivity contribution is 5.94. The third-order valence-electron chi connectivity index (χ3n) is 2.23. The van der Waals surface area contributed by atoms with Crippen molar-refractivity contribution < 1.29 is 14.3 Å². The van der Waals surface area contributed by atoms with Gasteiger partial charge in [0.15, 0.2) is 11.4 Å². The molecular weight excluding hydrogens is 206 g/mol. The Morgan fingerprint density at radius 1 is 1.19 bits per heavy atom. The first-order valence-corrected chi connectivity index (χ1v) is 4.93. The molecule has 86 valence electrons. The lowest BCUT2D eigenvalue weighted by Gasteiger charge is -2.22. The molecule has 0 fully saturated rings. The molecule has 0 radical (unpaired) electrons. The number of nitrogens with two attached hydrogens (primary N) is 1. The Hall–Kier alpha value is -1.84. The van der Waals surface area contributed by atoms with Gasteiger partial charge in [-0.15, -0.1) is 0 Å². The molecule has 1 amide bonds. The van der Waals surface area contributed by atoms with Crippen molar-refractivity contribution in [2.75, 3.05) is 0 Å². The molecule has 0 bridgehead atoms. The Kier molecular flexibility index (Phi) is 3.32. The minimum atomic E-state index is -1.06. The van der Waals surface area contributed by atoms with Crippen molar-refractivity contribution in [2.45, 2.75) is 26.4 Å². The van der Waals surface area contributed by atoms with Crippen LogP contribution in [0.3, 0.4) is 0 Å². The van der Waals surface area contributed by atoms with Gasteiger partial charge in [-0.05, 0) is 45.0 Å². The van der Waals surface area contributed by atoms with Gasteiger partial charge >= 0.3 is 0 Å². The van der Waals surface area contributed by atoms with Crippen molar-refractivity contribution in [2.24, 2.45) is 5.73 Å². The first-order chi connectivity index (χ1) is 7.33. The number of benzene rings is 1. The first kappa shape index (κ1) is 12.2. The lowest BCUT2D eigenvalue weighted by Crippen LogP contribution is -2.43. The van der Waals surface area contributed by atoms with E-state index < -0.39 is 11.5 Å². The predicted octanol–water partition coefficient (Wildman–Crippen LogP) is 1.53. The summed E-state index contributed by atoms with van der Waals surface area (Å²) in [7, 11) is 0. The van der Waals surface area contributed by atoms with Gasteiger partial charge in [-0.1, -0.05) is 0 Å². The fourth-order valence-electron chi connectivity index (χ4n) is 1.10. The van der Waals surface area contributed by atoms with E-state index in [2.05, 4.69) is 0 Å². The second-order valence-corrected chi connectivity index (χ2v) is 4.06. The highest BCUT2D eigenvalue weighted by atomic mass is 16.5. The summed E-state index contributed by atoms with van der Waals surface area (Å²) in [4.78, 5) is 22.1. The third kappa shape index (κ3) is 2.82. The second kappa shape index (κ2) is 4.35. The van der Waals surface area contributed by atoms with Gasteiger partial charge in [0.05, 0.1) is 0 Å². The van der Waals surface area contributed by atoms with Gasteiger partial charge in [0.25, 0.3) is 5.91 Å². The molecule has 16 heavy (non-hydrogen) atoms. The zero-order valence-corrected chi connectivity index (χ0v) is 9.61. The number of hydrogen-bond acceptors (Lipinski definition) is 3. The number of carbonyl (C=O) groups is 2. The molecule has 4 nitrogen and oxygen atoms in total. The average molecular weight is 221 g/mol. The Morgan fingerprint density at radius 2 is 1.69 bits per heavy atom. The molecule has 0 atom stereocenters. The summed E-state index contributed by atoms with van der Waals surface area (Å²) in [6, 6.07) is 6.58. The molecule has 0 heterocycles. The zero-order valence-electron chi connectivity index (χ0n) is 9.61. The zero-order chi connectivity index (χ0) is 12.3. The van der Waals surface area contributed by atoms with E-state index >= 15 is 0 Å². The average Bonchev–Trinajstić information content (AvgIpc) is 2.17. The van der Waals surface area contributed by atoms with Gasteiger partial charge in [-0.25, -0.2) is 0 Å². The van der Waals surface area contributed by atoms with E-state index in [0.717, 1.165) is 0 Å². The highest BCUT2D eigenvalue weighted by Crippen LogP contribution is 2.18. The summed E-state index contributed by atoms with van der Waals surface area (Å²) in [6.45, 7) is 4.67. The van der Waals surface area contributed by atoms with Crippen LogP contribution in [0.4, 0.5) is 0 Å². The monoisotopic (exact) mass is 221 g/mol. The van der Waals surface area contributed by atoms with Crippen LogP contribution in [0, 0.1) is 0 Å². The summed E-state index contributed by atoms with van der Waals surface area (Å²) in [6.07, 6.45) is 0. The van der Waals surface area contributed by atoms with Crippen LogP contribution in [-0.2, 0) is 4.79 Å². The van der Waals surface area contributed by atoms with Crippen LogP contribution >= 0.6 is 0 Å². The number of amides is 1. The van der Waals surface area contributed by atoms with E-state index in [1.54, 1.807) is 38.1 Å². The van der Waals surface area contributed by atoms with Crippen LogP contribution in [0.5, 0.6) is 5.75 Å². The minimum absolute atomic E-state index is 0.0132. The standard InChI is InChI=1S/C12H15NO3/c1-8(14)9-4-6-10(7-5-9)16-12(2,3)11(13)15/h4-7H,1-3H3,(H2,13,15). The van der Waals surface area contributed by atoms with Crippen molar-refractivity contribution in [3.05, 3.63) is 29.8 Å².